The molecular formula is C15H29N3O3S. The summed E-state index contributed by atoms with van der Waals surface area (Å²) in [4.78, 5) is 14.8. The Bertz CT molecular complexity index is 505. The highest BCUT2D eigenvalue weighted by Crippen LogP contribution is 2.32. The van der Waals surface area contributed by atoms with Crippen LogP contribution in [0.2, 0.25) is 0 Å². The van der Waals surface area contributed by atoms with Crippen LogP contribution < -0.4 is 5.14 Å². The molecule has 2 aliphatic rings. The standard InChI is InChI=1S/C15H29N3O3S/c1-15(2,3)11-13-5-4-8-18(13)14(19)12-6-9-17(10-7-12)22(16,20)21/h12-13H,4-11H2,1-3H3,(H2,16,20,21). The van der Waals surface area contributed by atoms with Gasteiger partial charge in [-0.25, -0.2) is 5.14 Å². The zero-order valence-electron chi connectivity index (χ0n) is 13.9. The highest BCUT2D eigenvalue weighted by Gasteiger charge is 2.37. The number of nitrogens with two attached hydrogens (primary N) is 1. The predicted octanol–water partition coefficient (Wildman–Crippen LogP) is 1.33. The Balaban J connectivity index is 1.94. The molecule has 2 saturated heterocycles. The number of likely N-dealkylation sites (tertiary alicyclic amines) is 1. The Morgan fingerprint density at radius 2 is 1.73 bits per heavy atom. The highest BCUT2D eigenvalue weighted by molar-refractivity contribution is 7.86. The summed E-state index contributed by atoms with van der Waals surface area (Å²) in [6.45, 7) is 8.17. The average Bonchev–Trinajstić information content (AvgIpc) is 2.83. The lowest BCUT2D eigenvalue weighted by Gasteiger charge is -2.35. The molecule has 0 spiro atoms. The van der Waals surface area contributed by atoms with E-state index in [1.807, 2.05) is 4.90 Å². The molecule has 6 nitrogen and oxygen atoms in total. The van der Waals surface area contributed by atoms with Crippen LogP contribution >= 0.6 is 0 Å². The van der Waals surface area contributed by atoms with Crippen molar-refractivity contribution in [2.45, 2.75) is 58.9 Å². The Labute approximate surface area is 134 Å². The van der Waals surface area contributed by atoms with Crippen LogP contribution in [0.5, 0.6) is 0 Å². The minimum atomic E-state index is -3.62. The van der Waals surface area contributed by atoms with Crippen molar-refractivity contribution in [1.29, 1.82) is 0 Å². The molecule has 1 unspecified atom stereocenters. The molecule has 0 aromatic rings. The largest absolute Gasteiger partial charge is 0.339 e. The van der Waals surface area contributed by atoms with Gasteiger partial charge in [-0.2, -0.15) is 12.7 Å². The fourth-order valence-corrected chi connectivity index (χ4v) is 4.36. The summed E-state index contributed by atoms with van der Waals surface area (Å²) in [5, 5.41) is 5.15. The fourth-order valence-electron chi connectivity index (χ4n) is 3.64. The Kier molecular flexibility index (Phi) is 5.19. The van der Waals surface area contributed by atoms with Crippen LogP contribution in [0.3, 0.4) is 0 Å². The summed E-state index contributed by atoms with van der Waals surface area (Å²) in [5.41, 5.74) is 0.213. The highest BCUT2D eigenvalue weighted by atomic mass is 32.2. The van der Waals surface area contributed by atoms with E-state index < -0.39 is 10.2 Å². The molecule has 2 fully saturated rings. The van der Waals surface area contributed by atoms with E-state index in [2.05, 4.69) is 20.8 Å². The summed E-state index contributed by atoms with van der Waals surface area (Å²) in [6, 6.07) is 0.337. The first-order chi connectivity index (χ1) is 10.1. The maximum atomic E-state index is 12.8. The SMILES string of the molecule is CC(C)(C)CC1CCCN1C(=O)C1CCN(S(N)(=O)=O)CC1. The normalized spacial score (nSPS) is 25.6. The van der Waals surface area contributed by atoms with E-state index in [0.717, 1.165) is 25.8 Å². The van der Waals surface area contributed by atoms with Crippen LogP contribution in [-0.4, -0.2) is 49.2 Å². The number of nitrogens with zero attached hydrogens (tertiary/aromatic N) is 2. The van der Waals surface area contributed by atoms with Crippen LogP contribution in [0.4, 0.5) is 0 Å². The van der Waals surface area contributed by atoms with E-state index in [1.165, 1.54) is 4.31 Å². The number of rotatable bonds is 3. The lowest BCUT2D eigenvalue weighted by molar-refractivity contribution is -0.138. The van der Waals surface area contributed by atoms with E-state index >= 15 is 0 Å². The molecule has 2 N–H and O–H groups in total. The fraction of sp³-hybridized carbons (Fsp3) is 0.933. The van der Waals surface area contributed by atoms with Crippen molar-refractivity contribution < 1.29 is 13.2 Å². The van der Waals surface area contributed by atoms with Gasteiger partial charge < -0.3 is 4.90 Å². The van der Waals surface area contributed by atoms with Crippen molar-refractivity contribution in [2.24, 2.45) is 16.5 Å². The summed E-state index contributed by atoms with van der Waals surface area (Å²) in [6.07, 6.45) is 4.33. The van der Waals surface area contributed by atoms with Gasteiger partial charge in [0.2, 0.25) is 5.91 Å². The first-order valence-corrected chi connectivity index (χ1v) is 9.66. The molecule has 2 heterocycles. The van der Waals surface area contributed by atoms with Crippen molar-refractivity contribution in [2.75, 3.05) is 19.6 Å². The van der Waals surface area contributed by atoms with Crippen molar-refractivity contribution in [3.8, 4) is 0 Å². The van der Waals surface area contributed by atoms with Crippen molar-refractivity contribution in [3.05, 3.63) is 0 Å². The van der Waals surface area contributed by atoms with Crippen LogP contribution in [0.1, 0.15) is 52.9 Å². The van der Waals surface area contributed by atoms with E-state index in [-0.39, 0.29) is 17.2 Å². The first kappa shape index (κ1) is 17.7. The molecule has 0 radical (unpaired) electrons. The van der Waals surface area contributed by atoms with Gasteiger partial charge in [0.05, 0.1) is 0 Å². The second-order valence-electron chi connectivity index (χ2n) is 7.81. The molecule has 2 rings (SSSR count). The summed E-state index contributed by atoms with van der Waals surface area (Å²) in [5.74, 6) is 0.152. The molecule has 1 amide bonds. The minimum absolute atomic E-state index is 0.0569. The van der Waals surface area contributed by atoms with Crippen molar-refractivity contribution in [1.82, 2.24) is 9.21 Å². The summed E-state index contributed by atoms with van der Waals surface area (Å²) >= 11 is 0. The third kappa shape index (κ3) is 4.43. The topological polar surface area (TPSA) is 83.7 Å². The van der Waals surface area contributed by atoms with E-state index in [4.69, 9.17) is 5.14 Å². The zero-order chi connectivity index (χ0) is 16.5. The zero-order valence-corrected chi connectivity index (χ0v) is 14.7. The quantitative estimate of drug-likeness (QED) is 0.847. The molecular weight excluding hydrogens is 302 g/mol. The Hall–Kier alpha value is -0.660. The number of hydrogen-bond donors (Lipinski definition) is 1. The molecule has 0 aliphatic carbocycles. The van der Waals surface area contributed by atoms with E-state index in [0.29, 0.717) is 32.0 Å². The molecule has 0 bridgehead atoms. The monoisotopic (exact) mass is 331 g/mol. The molecule has 1 atom stereocenters. The molecule has 0 aromatic heterocycles. The molecule has 2 aliphatic heterocycles. The molecule has 128 valence electrons. The van der Waals surface area contributed by atoms with Crippen LogP contribution in [0.25, 0.3) is 0 Å². The third-order valence-electron chi connectivity index (χ3n) is 4.67. The summed E-state index contributed by atoms with van der Waals surface area (Å²) in [7, 11) is -3.62. The van der Waals surface area contributed by atoms with Gasteiger partial charge in [0.15, 0.2) is 0 Å². The van der Waals surface area contributed by atoms with Crippen LogP contribution in [-0.2, 0) is 15.0 Å². The lowest BCUT2D eigenvalue weighted by Crippen LogP contribution is -2.47. The van der Waals surface area contributed by atoms with Gasteiger partial charge in [-0.05, 0) is 37.5 Å². The third-order valence-corrected chi connectivity index (χ3v) is 5.76. The Morgan fingerprint density at radius 1 is 1.14 bits per heavy atom. The summed E-state index contributed by atoms with van der Waals surface area (Å²) < 4.78 is 23.9. The second kappa shape index (κ2) is 6.45. The van der Waals surface area contributed by atoms with Crippen molar-refractivity contribution in [3.63, 3.8) is 0 Å². The van der Waals surface area contributed by atoms with Crippen LogP contribution in [0.15, 0.2) is 0 Å². The second-order valence-corrected chi connectivity index (χ2v) is 9.36. The van der Waals surface area contributed by atoms with Crippen molar-refractivity contribution >= 4 is 16.1 Å². The molecule has 22 heavy (non-hydrogen) atoms. The number of amides is 1. The van der Waals surface area contributed by atoms with Gasteiger partial charge in [-0.3, -0.25) is 4.79 Å². The Morgan fingerprint density at radius 3 is 2.23 bits per heavy atom. The molecule has 0 aromatic carbocycles. The molecule has 7 heteroatoms. The van der Waals surface area contributed by atoms with Gasteiger partial charge in [0, 0.05) is 31.6 Å². The van der Waals surface area contributed by atoms with Gasteiger partial charge >= 0.3 is 0 Å². The number of carbonyl (C=O) groups is 1. The first-order valence-electron chi connectivity index (χ1n) is 8.16. The number of hydrogen-bond acceptors (Lipinski definition) is 3. The van der Waals surface area contributed by atoms with Gasteiger partial charge in [0.1, 0.15) is 0 Å². The van der Waals surface area contributed by atoms with Gasteiger partial charge in [-0.15, -0.1) is 0 Å². The van der Waals surface area contributed by atoms with E-state index in [9.17, 15) is 13.2 Å². The maximum Gasteiger partial charge on any atom is 0.276 e. The number of carbonyl (C=O) groups excluding carboxylic acids is 1. The number of piperidine rings is 1. The minimum Gasteiger partial charge on any atom is -0.339 e. The predicted molar refractivity (Wildman–Crippen MR) is 86.2 cm³/mol. The van der Waals surface area contributed by atoms with Gasteiger partial charge in [0.25, 0.3) is 10.2 Å². The molecule has 0 saturated carbocycles. The van der Waals surface area contributed by atoms with Gasteiger partial charge in [-0.1, -0.05) is 20.8 Å². The smallest absolute Gasteiger partial charge is 0.276 e. The maximum absolute atomic E-state index is 12.8. The van der Waals surface area contributed by atoms with Crippen LogP contribution in [0, 0.1) is 11.3 Å². The average molecular weight is 331 g/mol. The van der Waals surface area contributed by atoms with E-state index in [1.54, 1.807) is 0 Å². The lowest BCUT2D eigenvalue weighted by atomic mass is 9.86.